The van der Waals surface area contributed by atoms with Crippen LogP contribution in [-0.4, -0.2) is 56.6 Å². The quantitative estimate of drug-likeness (QED) is 0.267. The molecule has 0 atom stereocenters. The van der Waals surface area contributed by atoms with Crippen molar-refractivity contribution in [3.63, 3.8) is 0 Å². The van der Waals surface area contributed by atoms with Gasteiger partial charge in [-0.1, -0.05) is 5.16 Å². The molecule has 122 valence electrons. The van der Waals surface area contributed by atoms with Crippen molar-refractivity contribution < 1.29 is 14.0 Å². The molecule has 0 aliphatic carbocycles. The number of aromatic nitrogens is 2. The molecule has 1 heterocycles. The van der Waals surface area contributed by atoms with Crippen molar-refractivity contribution >= 4 is 29.9 Å². The van der Waals surface area contributed by atoms with Crippen LogP contribution in [0.15, 0.2) is 9.52 Å². The number of guanidine groups is 1. The van der Waals surface area contributed by atoms with Gasteiger partial charge in [-0.25, -0.2) is 0 Å². The topological polar surface area (TPSA) is 93.8 Å². The molecule has 21 heavy (non-hydrogen) atoms. The summed E-state index contributed by atoms with van der Waals surface area (Å²) in [6.45, 7) is 4.94. The molecular weight excluding hydrogens is 389 g/mol. The second kappa shape index (κ2) is 12.8. The smallest absolute Gasteiger partial charge is 0.246 e. The van der Waals surface area contributed by atoms with Gasteiger partial charge < -0.3 is 24.6 Å². The number of methoxy groups -OCH3 is 1. The Bertz CT molecular complexity index is 400. The van der Waals surface area contributed by atoms with Crippen LogP contribution in [0.2, 0.25) is 0 Å². The van der Waals surface area contributed by atoms with Gasteiger partial charge in [0.2, 0.25) is 5.89 Å². The lowest BCUT2D eigenvalue weighted by Crippen LogP contribution is -2.37. The summed E-state index contributed by atoms with van der Waals surface area (Å²) in [5, 5.41) is 9.99. The van der Waals surface area contributed by atoms with Gasteiger partial charge in [-0.05, 0) is 13.3 Å². The molecule has 1 aromatic heterocycles. The number of aliphatic imine (C=N–C) groups is 1. The Morgan fingerprint density at radius 1 is 1.29 bits per heavy atom. The predicted octanol–water partition coefficient (Wildman–Crippen LogP) is 0.714. The second-order valence-electron chi connectivity index (χ2n) is 4.05. The number of nitrogens with zero attached hydrogens (tertiary/aromatic N) is 3. The number of ether oxygens (including phenoxy) is 2. The lowest BCUT2D eigenvalue weighted by Gasteiger charge is -2.10. The van der Waals surface area contributed by atoms with E-state index in [1.807, 2.05) is 0 Å². The summed E-state index contributed by atoms with van der Waals surface area (Å²) in [6, 6.07) is 0. The van der Waals surface area contributed by atoms with Gasteiger partial charge in [0.25, 0.3) is 0 Å². The molecule has 0 unspecified atom stereocenters. The van der Waals surface area contributed by atoms with E-state index in [9.17, 15) is 0 Å². The van der Waals surface area contributed by atoms with Crippen LogP contribution in [-0.2, 0) is 16.0 Å². The second-order valence-corrected chi connectivity index (χ2v) is 4.05. The third-order valence-electron chi connectivity index (χ3n) is 2.39. The van der Waals surface area contributed by atoms with Crippen LogP contribution in [0.3, 0.4) is 0 Å². The maximum absolute atomic E-state index is 5.36. The molecule has 1 aromatic rings. The Morgan fingerprint density at radius 3 is 2.71 bits per heavy atom. The Balaban J connectivity index is 0.00000400. The van der Waals surface area contributed by atoms with E-state index in [1.54, 1.807) is 21.1 Å². The van der Waals surface area contributed by atoms with Gasteiger partial charge in [0.05, 0.1) is 19.8 Å². The lowest BCUT2D eigenvalue weighted by atomic mass is 10.4. The molecule has 9 heteroatoms. The standard InChI is InChI=1S/C12H23N5O3.HI/c1-10-16-11(20-17-10)9-15-12(13-2)14-5-4-6-19-8-7-18-3;/h4-9H2,1-3H3,(H2,13,14,15);1H. The third-order valence-corrected chi connectivity index (χ3v) is 2.39. The number of halogens is 1. The minimum absolute atomic E-state index is 0. The first-order chi connectivity index (χ1) is 9.76. The molecule has 0 saturated heterocycles. The monoisotopic (exact) mass is 413 g/mol. The van der Waals surface area contributed by atoms with Crippen LogP contribution in [0, 0.1) is 6.92 Å². The Labute approximate surface area is 142 Å². The van der Waals surface area contributed by atoms with Crippen LogP contribution in [0.5, 0.6) is 0 Å². The van der Waals surface area contributed by atoms with Gasteiger partial charge in [-0.2, -0.15) is 4.98 Å². The fourth-order valence-corrected chi connectivity index (χ4v) is 1.42. The number of hydrogen-bond donors (Lipinski definition) is 2. The minimum atomic E-state index is 0. The largest absolute Gasteiger partial charge is 0.382 e. The highest BCUT2D eigenvalue weighted by atomic mass is 127. The zero-order valence-electron chi connectivity index (χ0n) is 12.7. The van der Waals surface area contributed by atoms with Crippen molar-refractivity contribution in [2.24, 2.45) is 4.99 Å². The summed E-state index contributed by atoms with van der Waals surface area (Å²) in [4.78, 5) is 8.20. The molecule has 0 saturated carbocycles. The fourth-order valence-electron chi connectivity index (χ4n) is 1.42. The molecular formula is C12H24IN5O3. The van der Waals surface area contributed by atoms with Crippen molar-refractivity contribution in [1.29, 1.82) is 0 Å². The van der Waals surface area contributed by atoms with Crippen LogP contribution in [0.25, 0.3) is 0 Å². The highest BCUT2D eigenvalue weighted by molar-refractivity contribution is 14.0. The summed E-state index contributed by atoms with van der Waals surface area (Å²) in [6.07, 6.45) is 0.893. The highest BCUT2D eigenvalue weighted by Crippen LogP contribution is 1.94. The summed E-state index contributed by atoms with van der Waals surface area (Å²) in [7, 11) is 3.37. The zero-order valence-corrected chi connectivity index (χ0v) is 15.0. The molecule has 0 fully saturated rings. The molecule has 0 spiro atoms. The van der Waals surface area contributed by atoms with Gasteiger partial charge in [0, 0.05) is 27.3 Å². The molecule has 2 N–H and O–H groups in total. The van der Waals surface area contributed by atoms with E-state index in [4.69, 9.17) is 14.0 Å². The summed E-state index contributed by atoms with van der Waals surface area (Å²) in [5.74, 6) is 1.85. The SMILES string of the molecule is CN=C(NCCCOCCOC)NCc1nc(C)no1.I. The molecule has 0 aromatic carbocycles. The van der Waals surface area contributed by atoms with E-state index < -0.39 is 0 Å². The van der Waals surface area contributed by atoms with Gasteiger partial charge >= 0.3 is 0 Å². The lowest BCUT2D eigenvalue weighted by molar-refractivity contribution is 0.0698. The van der Waals surface area contributed by atoms with Crippen molar-refractivity contribution in [1.82, 2.24) is 20.8 Å². The van der Waals surface area contributed by atoms with Crippen LogP contribution >= 0.6 is 24.0 Å². The van der Waals surface area contributed by atoms with E-state index in [1.165, 1.54) is 0 Å². The van der Waals surface area contributed by atoms with E-state index in [0.717, 1.165) is 13.0 Å². The number of rotatable bonds is 9. The highest BCUT2D eigenvalue weighted by Gasteiger charge is 2.03. The maximum atomic E-state index is 5.36. The van der Waals surface area contributed by atoms with E-state index in [-0.39, 0.29) is 24.0 Å². The first-order valence-electron chi connectivity index (χ1n) is 6.56. The molecule has 0 aliphatic rings. The van der Waals surface area contributed by atoms with Gasteiger partial charge in [0.1, 0.15) is 0 Å². The number of nitrogens with one attached hydrogen (secondary N) is 2. The van der Waals surface area contributed by atoms with Crippen LogP contribution < -0.4 is 10.6 Å². The minimum Gasteiger partial charge on any atom is -0.382 e. The summed E-state index contributed by atoms with van der Waals surface area (Å²) in [5.41, 5.74) is 0. The first kappa shape index (κ1) is 20.1. The van der Waals surface area contributed by atoms with E-state index >= 15 is 0 Å². The Morgan fingerprint density at radius 2 is 2.10 bits per heavy atom. The van der Waals surface area contributed by atoms with Crippen molar-refractivity contribution in [3.05, 3.63) is 11.7 Å². The zero-order chi connectivity index (χ0) is 14.6. The number of hydrogen-bond acceptors (Lipinski definition) is 6. The molecule has 1 rings (SSSR count). The van der Waals surface area contributed by atoms with Gasteiger partial charge in [-0.15, -0.1) is 24.0 Å². The van der Waals surface area contributed by atoms with Crippen LogP contribution in [0.1, 0.15) is 18.1 Å². The van der Waals surface area contributed by atoms with Gasteiger partial charge in [0.15, 0.2) is 11.8 Å². The first-order valence-corrected chi connectivity index (χ1v) is 6.56. The molecule has 0 radical (unpaired) electrons. The van der Waals surface area contributed by atoms with Crippen molar-refractivity contribution in [3.8, 4) is 0 Å². The van der Waals surface area contributed by atoms with Gasteiger partial charge in [-0.3, -0.25) is 4.99 Å². The average Bonchev–Trinajstić information content (AvgIpc) is 2.87. The molecule has 0 bridgehead atoms. The third kappa shape index (κ3) is 9.58. The Kier molecular flexibility index (Phi) is 12.2. The van der Waals surface area contributed by atoms with Crippen LogP contribution in [0.4, 0.5) is 0 Å². The van der Waals surface area contributed by atoms with E-state index in [0.29, 0.717) is 44.0 Å². The number of aryl methyl sites for hydroxylation is 1. The molecule has 0 aliphatic heterocycles. The van der Waals surface area contributed by atoms with Crippen molar-refractivity contribution in [2.45, 2.75) is 19.9 Å². The summed E-state index contributed by atoms with van der Waals surface area (Å²) < 4.78 is 15.3. The average molecular weight is 413 g/mol. The Hall–Kier alpha value is -0.940. The fraction of sp³-hybridized carbons (Fsp3) is 0.750. The van der Waals surface area contributed by atoms with Crippen molar-refractivity contribution in [2.75, 3.05) is 40.5 Å². The summed E-state index contributed by atoms with van der Waals surface area (Å²) >= 11 is 0. The predicted molar refractivity (Wildman–Crippen MR) is 90.0 cm³/mol. The van der Waals surface area contributed by atoms with E-state index in [2.05, 4.69) is 25.8 Å². The molecule has 0 amide bonds. The normalized spacial score (nSPS) is 11.1. The maximum Gasteiger partial charge on any atom is 0.246 e. The molecule has 8 nitrogen and oxygen atoms in total.